The first-order valence-electron chi connectivity index (χ1n) is 7.37. The van der Waals surface area contributed by atoms with Gasteiger partial charge in [-0.1, -0.05) is 12.8 Å². The molecule has 0 spiro atoms. The molecule has 21 heavy (non-hydrogen) atoms. The summed E-state index contributed by atoms with van der Waals surface area (Å²) < 4.78 is 27.2. The summed E-state index contributed by atoms with van der Waals surface area (Å²) in [5.41, 5.74) is 8.17. The molecule has 0 amide bonds. The van der Waals surface area contributed by atoms with Crippen molar-refractivity contribution in [1.82, 2.24) is 4.31 Å². The van der Waals surface area contributed by atoms with E-state index >= 15 is 0 Å². The van der Waals surface area contributed by atoms with Gasteiger partial charge in [0.1, 0.15) is 0 Å². The van der Waals surface area contributed by atoms with Crippen LogP contribution < -0.4 is 5.73 Å². The Labute approximate surface area is 126 Å². The monoisotopic (exact) mass is 312 g/mol. The Bertz CT molecular complexity index is 590. The van der Waals surface area contributed by atoms with E-state index in [0.717, 1.165) is 30.4 Å². The number of aliphatic hydroxyl groups is 1. The maximum absolute atomic E-state index is 12.9. The SMILES string of the molecule is Cc1cc(S(=O)(=O)N2CCCCCC2CO)cc(N)c1C. The Kier molecular flexibility index (Phi) is 4.91. The van der Waals surface area contributed by atoms with Gasteiger partial charge in [0.25, 0.3) is 0 Å². The molecule has 3 N–H and O–H groups in total. The second-order valence-electron chi connectivity index (χ2n) is 5.76. The van der Waals surface area contributed by atoms with E-state index in [4.69, 9.17) is 5.73 Å². The highest BCUT2D eigenvalue weighted by Crippen LogP contribution is 2.28. The van der Waals surface area contributed by atoms with E-state index in [1.807, 2.05) is 13.8 Å². The number of aryl methyl sites for hydroxylation is 1. The normalized spacial score (nSPS) is 21.2. The van der Waals surface area contributed by atoms with Gasteiger partial charge in [-0.2, -0.15) is 4.31 Å². The molecular weight excluding hydrogens is 288 g/mol. The maximum atomic E-state index is 12.9. The molecule has 2 rings (SSSR count). The molecule has 0 aliphatic carbocycles. The smallest absolute Gasteiger partial charge is 0.243 e. The molecule has 0 aromatic heterocycles. The van der Waals surface area contributed by atoms with Crippen molar-refractivity contribution in [3.8, 4) is 0 Å². The van der Waals surface area contributed by atoms with Crippen LogP contribution >= 0.6 is 0 Å². The van der Waals surface area contributed by atoms with Crippen LogP contribution in [0.15, 0.2) is 17.0 Å². The predicted octanol–water partition coefficient (Wildman–Crippen LogP) is 1.81. The molecular formula is C15H24N2O3S. The van der Waals surface area contributed by atoms with Crippen molar-refractivity contribution >= 4 is 15.7 Å². The quantitative estimate of drug-likeness (QED) is 0.834. The lowest BCUT2D eigenvalue weighted by molar-refractivity contribution is 0.186. The van der Waals surface area contributed by atoms with E-state index in [-0.39, 0.29) is 17.5 Å². The van der Waals surface area contributed by atoms with Crippen molar-refractivity contribution in [2.45, 2.75) is 50.5 Å². The van der Waals surface area contributed by atoms with Crippen LogP contribution in [0.5, 0.6) is 0 Å². The standard InChI is InChI=1S/C15H24N2O3S/c1-11-8-14(9-15(16)12(11)2)21(19,20)17-7-5-3-4-6-13(17)10-18/h8-9,13,18H,3-7,10,16H2,1-2H3. The predicted molar refractivity (Wildman–Crippen MR) is 83.6 cm³/mol. The molecule has 6 heteroatoms. The van der Waals surface area contributed by atoms with Crippen LogP contribution in [0.1, 0.15) is 36.8 Å². The molecule has 1 heterocycles. The van der Waals surface area contributed by atoms with Crippen molar-refractivity contribution in [1.29, 1.82) is 0 Å². The van der Waals surface area contributed by atoms with Crippen LogP contribution in [-0.2, 0) is 10.0 Å². The first-order chi connectivity index (χ1) is 9.87. The van der Waals surface area contributed by atoms with Crippen LogP contribution in [0.2, 0.25) is 0 Å². The molecule has 1 aliphatic heterocycles. The summed E-state index contributed by atoms with van der Waals surface area (Å²) in [7, 11) is -3.62. The minimum atomic E-state index is -3.62. The lowest BCUT2D eigenvalue weighted by atomic mass is 10.1. The third-order valence-corrected chi connectivity index (χ3v) is 6.25. The summed E-state index contributed by atoms with van der Waals surface area (Å²) in [5, 5.41) is 9.52. The summed E-state index contributed by atoms with van der Waals surface area (Å²) in [6.07, 6.45) is 3.48. The molecule has 1 aliphatic rings. The van der Waals surface area contributed by atoms with Crippen molar-refractivity contribution < 1.29 is 13.5 Å². The summed E-state index contributed by atoms with van der Waals surface area (Å²) in [5.74, 6) is 0. The maximum Gasteiger partial charge on any atom is 0.243 e. The van der Waals surface area contributed by atoms with E-state index < -0.39 is 10.0 Å². The largest absolute Gasteiger partial charge is 0.398 e. The van der Waals surface area contributed by atoms with E-state index in [1.165, 1.54) is 10.4 Å². The first-order valence-corrected chi connectivity index (χ1v) is 8.81. The van der Waals surface area contributed by atoms with Gasteiger partial charge in [0.15, 0.2) is 0 Å². The Morgan fingerprint density at radius 1 is 1.29 bits per heavy atom. The Balaban J connectivity index is 2.44. The molecule has 1 atom stereocenters. The highest BCUT2D eigenvalue weighted by atomic mass is 32.2. The van der Waals surface area contributed by atoms with Gasteiger partial charge < -0.3 is 10.8 Å². The number of rotatable bonds is 3. The van der Waals surface area contributed by atoms with Gasteiger partial charge >= 0.3 is 0 Å². The topological polar surface area (TPSA) is 83.6 Å². The summed E-state index contributed by atoms with van der Waals surface area (Å²) in [6, 6.07) is 2.86. The van der Waals surface area contributed by atoms with E-state index in [1.54, 1.807) is 6.07 Å². The molecule has 0 bridgehead atoms. The number of anilines is 1. The van der Waals surface area contributed by atoms with Crippen LogP contribution in [-0.4, -0.2) is 37.0 Å². The zero-order chi connectivity index (χ0) is 15.6. The number of aliphatic hydroxyl groups excluding tert-OH is 1. The zero-order valence-corrected chi connectivity index (χ0v) is 13.5. The molecule has 118 valence electrons. The molecule has 1 aromatic carbocycles. The molecule has 1 fully saturated rings. The molecule has 0 radical (unpaired) electrons. The number of nitrogens with two attached hydrogens (primary N) is 1. The molecule has 1 aromatic rings. The lowest BCUT2D eigenvalue weighted by Crippen LogP contribution is -2.42. The molecule has 0 saturated carbocycles. The highest BCUT2D eigenvalue weighted by molar-refractivity contribution is 7.89. The summed E-state index contributed by atoms with van der Waals surface area (Å²) in [6.45, 7) is 4.06. The fraction of sp³-hybridized carbons (Fsp3) is 0.600. The highest BCUT2D eigenvalue weighted by Gasteiger charge is 2.32. The van der Waals surface area contributed by atoms with Gasteiger partial charge in [0.2, 0.25) is 10.0 Å². The van der Waals surface area contributed by atoms with Crippen LogP contribution in [0.3, 0.4) is 0 Å². The Morgan fingerprint density at radius 3 is 2.62 bits per heavy atom. The van der Waals surface area contributed by atoms with Crippen LogP contribution in [0.4, 0.5) is 5.69 Å². The fourth-order valence-corrected chi connectivity index (χ4v) is 4.59. The fourth-order valence-electron chi connectivity index (χ4n) is 2.79. The number of benzene rings is 1. The summed E-state index contributed by atoms with van der Waals surface area (Å²) in [4.78, 5) is 0.225. The minimum absolute atomic E-state index is 0.139. The third kappa shape index (κ3) is 3.22. The van der Waals surface area contributed by atoms with Gasteiger partial charge in [-0.3, -0.25) is 0 Å². The number of hydrogen-bond acceptors (Lipinski definition) is 4. The van der Waals surface area contributed by atoms with Gasteiger partial charge in [0, 0.05) is 18.3 Å². The Hall–Kier alpha value is -1.11. The molecule has 5 nitrogen and oxygen atoms in total. The second kappa shape index (κ2) is 6.34. The van der Waals surface area contributed by atoms with Gasteiger partial charge in [-0.25, -0.2) is 8.42 Å². The average molecular weight is 312 g/mol. The number of nitrogen functional groups attached to an aromatic ring is 1. The van der Waals surface area contributed by atoms with Crippen molar-refractivity contribution in [2.24, 2.45) is 0 Å². The lowest BCUT2D eigenvalue weighted by Gasteiger charge is -2.28. The number of sulfonamides is 1. The third-order valence-electron chi connectivity index (χ3n) is 4.32. The zero-order valence-electron chi connectivity index (χ0n) is 12.7. The number of hydrogen-bond donors (Lipinski definition) is 2. The van der Waals surface area contributed by atoms with Crippen molar-refractivity contribution in [3.63, 3.8) is 0 Å². The minimum Gasteiger partial charge on any atom is -0.398 e. The molecule has 1 unspecified atom stereocenters. The van der Waals surface area contributed by atoms with Crippen molar-refractivity contribution in [3.05, 3.63) is 23.3 Å². The first kappa shape index (κ1) is 16.3. The van der Waals surface area contributed by atoms with Crippen LogP contribution in [0.25, 0.3) is 0 Å². The van der Waals surface area contributed by atoms with Crippen LogP contribution in [0, 0.1) is 13.8 Å². The Morgan fingerprint density at radius 2 is 2.00 bits per heavy atom. The summed E-state index contributed by atoms with van der Waals surface area (Å²) >= 11 is 0. The van der Waals surface area contributed by atoms with Crippen molar-refractivity contribution in [2.75, 3.05) is 18.9 Å². The van der Waals surface area contributed by atoms with E-state index in [0.29, 0.717) is 18.7 Å². The number of nitrogens with zero attached hydrogens (tertiary/aromatic N) is 1. The van der Waals surface area contributed by atoms with Gasteiger partial charge in [-0.05, 0) is 49.9 Å². The second-order valence-corrected chi connectivity index (χ2v) is 7.65. The van der Waals surface area contributed by atoms with E-state index in [2.05, 4.69) is 0 Å². The van der Waals surface area contributed by atoms with E-state index in [9.17, 15) is 13.5 Å². The molecule has 1 saturated heterocycles. The van der Waals surface area contributed by atoms with Gasteiger partial charge in [-0.15, -0.1) is 0 Å². The van der Waals surface area contributed by atoms with Gasteiger partial charge in [0.05, 0.1) is 11.5 Å². The average Bonchev–Trinajstić information content (AvgIpc) is 2.69.